The number of benzene rings is 1. The van der Waals surface area contributed by atoms with E-state index in [9.17, 15) is 4.79 Å². The molecule has 5 nitrogen and oxygen atoms in total. The quantitative estimate of drug-likeness (QED) is 0.834. The lowest BCUT2D eigenvalue weighted by molar-refractivity contribution is -0.0105. The van der Waals surface area contributed by atoms with Gasteiger partial charge in [-0.1, -0.05) is 24.3 Å². The summed E-state index contributed by atoms with van der Waals surface area (Å²) in [5, 5.41) is 0. The molecule has 2 aromatic rings. The number of carbonyl (C=O) groups excluding carboxylic acids is 1. The van der Waals surface area contributed by atoms with E-state index in [-0.39, 0.29) is 17.5 Å². The summed E-state index contributed by atoms with van der Waals surface area (Å²) < 4.78 is 5.61. The minimum atomic E-state index is 0.0395. The highest BCUT2D eigenvalue weighted by atomic mass is 32.1. The Kier molecular flexibility index (Phi) is 5.80. The molecule has 2 aliphatic rings. The van der Waals surface area contributed by atoms with Crippen LogP contribution < -0.4 is 5.73 Å². The van der Waals surface area contributed by atoms with Gasteiger partial charge in [0.2, 0.25) is 0 Å². The van der Waals surface area contributed by atoms with E-state index in [2.05, 4.69) is 49.3 Å². The van der Waals surface area contributed by atoms with Crippen molar-refractivity contribution in [3.63, 3.8) is 0 Å². The van der Waals surface area contributed by atoms with Crippen molar-refractivity contribution in [2.45, 2.75) is 37.8 Å². The predicted octanol–water partition coefficient (Wildman–Crippen LogP) is 3.46. The van der Waals surface area contributed by atoms with E-state index < -0.39 is 0 Å². The Bertz CT molecular complexity index is 869. The van der Waals surface area contributed by atoms with Crippen LogP contribution >= 0.6 is 11.3 Å². The summed E-state index contributed by atoms with van der Waals surface area (Å²) in [5.74, 6) is 0.122. The van der Waals surface area contributed by atoms with Crippen molar-refractivity contribution >= 4 is 17.2 Å². The predicted molar refractivity (Wildman–Crippen MR) is 118 cm³/mol. The van der Waals surface area contributed by atoms with Crippen molar-refractivity contribution in [1.82, 2.24) is 9.80 Å². The Labute approximate surface area is 177 Å². The fraction of sp³-hybridized carbons (Fsp3) is 0.522. The number of likely N-dealkylation sites (tertiary alicyclic amines) is 1. The van der Waals surface area contributed by atoms with Crippen LogP contribution in [-0.4, -0.2) is 62.1 Å². The minimum Gasteiger partial charge on any atom is -0.381 e. The maximum Gasteiger partial charge on any atom is 0.264 e. The number of nitrogens with zero attached hydrogens (tertiary/aromatic N) is 2. The molecule has 3 heterocycles. The summed E-state index contributed by atoms with van der Waals surface area (Å²) in [5.41, 5.74) is 9.58. The van der Waals surface area contributed by atoms with Crippen molar-refractivity contribution in [2.24, 2.45) is 5.73 Å². The average molecular weight is 414 g/mol. The first-order valence-corrected chi connectivity index (χ1v) is 11.2. The van der Waals surface area contributed by atoms with Gasteiger partial charge in [0.1, 0.15) is 0 Å². The van der Waals surface area contributed by atoms with Gasteiger partial charge in [0.05, 0.1) is 4.88 Å². The van der Waals surface area contributed by atoms with E-state index in [0.29, 0.717) is 6.54 Å². The molecule has 1 atom stereocenters. The Hall–Kier alpha value is -1.73. The summed E-state index contributed by atoms with van der Waals surface area (Å²) in [4.78, 5) is 19.1. The van der Waals surface area contributed by atoms with E-state index >= 15 is 0 Å². The number of hydrogen-bond donors (Lipinski definition) is 1. The van der Waals surface area contributed by atoms with Crippen LogP contribution in [0.5, 0.6) is 0 Å². The molecule has 0 radical (unpaired) electrons. The van der Waals surface area contributed by atoms with Crippen LogP contribution in [0.2, 0.25) is 0 Å². The third-order valence-corrected chi connectivity index (χ3v) is 7.78. The van der Waals surface area contributed by atoms with Crippen LogP contribution in [0.15, 0.2) is 30.3 Å². The second kappa shape index (κ2) is 8.19. The first kappa shape index (κ1) is 20.5. The Morgan fingerprint density at radius 1 is 1.24 bits per heavy atom. The van der Waals surface area contributed by atoms with Gasteiger partial charge in [0, 0.05) is 42.8 Å². The molecule has 2 N–H and O–H groups in total. The van der Waals surface area contributed by atoms with Gasteiger partial charge in [0.25, 0.3) is 5.91 Å². The fourth-order valence-electron chi connectivity index (χ4n) is 4.60. The van der Waals surface area contributed by atoms with Crippen molar-refractivity contribution in [3.05, 3.63) is 46.3 Å². The number of carbonyl (C=O) groups is 1. The average Bonchev–Trinajstić information content (AvgIpc) is 3.34. The minimum absolute atomic E-state index is 0.0395. The van der Waals surface area contributed by atoms with Crippen LogP contribution in [0.3, 0.4) is 0 Å². The molecule has 0 bridgehead atoms. The Morgan fingerprint density at radius 3 is 2.52 bits per heavy atom. The molecule has 0 aliphatic carbocycles. The number of rotatable bonds is 4. The Morgan fingerprint density at radius 2 is 1.93 bits per heavy atom. The van der Waals surface area contributed by atoms with Crippen LogP contribution in [0, 0.1) is 6.92 Å². The molecule has 156 valence electrons. The molecule has 4 rings (SSSR count). The Balaban J connectivity index is 1.57. The molecule has 1 amide bonds. The van der Waals surface area contributed by atoms with Crippen LogP contribution in [-0.2, 0) is 10.3 Å². The fourth-order valence-corrected chi connectivity index (χ4v) is 5.75. The van der Waals surface area contributed by atoms with Gasteiger partial charge < -0.3 is 15.4 Å². The number of aryl methyl sites for hydroxylation is 1. The van der Waals surface area contributed by atoms with Gasteiger partial charge in [-0.15, -0.1) is 11.3 Å². The molecule has 1 aromatic heterocycles. The van der Waals surface area contributed by atoms with Crippen molar-refractivity contribution in [1.29, 1.82) is 0 Å². The lowest BCUT2D eigenvalue weighted by atomic mass is 9.81. The van der Waals surface area contributed by atoms with Crippen molar-refractivity contribution in [2.75, 3.05) is 40.4 Å². The standard InChI is InChI=1S/C23H31N3O2S/c1-16-14-20(29-21(16)22(27)26-11-8-19(24)15-26)17-4-6-18(7-5-17)23(25(2)3)9-12-28-13-10-23/h4-7,14,19H,8-13,15,24H2,1-3H3/t19-/m0/s1. The topological polar surface area (TPSA) is 58.8 Å². The van der Waals surface area contributed by atoms with E-state index in [4.69, 9.17) is 10.5 Å². The molecule has 2 aliphatic heterocycles. The van der Waals surface area contributed by atoms with Gasteiger partial charge in [-0.3, -0.25) is 9.69 Å². The molecular formula is C23H31N3O2S. The zero-order valence-electron chi connectivity index (χ0n) is 17.6. The van der Waals surface area contributed by atoms with Gasteiger partial charge in [0.15, 0.2) is 0 Å². The monoisotopic (exact) mass is 413 g/mol. The van der Waals surface area contributed by atoms with E-state index in [1.165, 1.54) is 11.1 Å². The first-order chi connectivity index (χ1) is 13.9. The maximum absolute atomic E-state index is 12.9. The van der Waals surface area contributed by atoms with Gasteiger partial charge in [-0.2, -0.15) is 0 Å². The maximum atomic E-state index is 12.9. The molecular weight excluding hydrogens is 382 g/mol. The number of ether oxygens (including phenoxy) is 1. The molecule has 6 heteroatoms. The van der Waals surface area contributed by atoms with Crippen molar-refractivity contribution < 1.29 is 9.53 Å². The SMILES string of the molecule is Cc1cc(-c2ccc(C3(N(C)C)CCOCC3)cc2)sc1C(=O)N1CC[C@H](N)C1. The third-order valence-electron chi connectivity index (χ3n) is 6.51. The molecule has 0 spiro atoms. The summed E-state index contributed by atoms with van der Waals surface area (Å²) in [6.07, 6.45) is 2.91. The summed E-state index contributed by atoms with van der Waals surface area (Å²) >= 11 is 1.59. The molecule has 0 saturated carbocycles. The highest BCUT2D eigenvalue weighted by Crippen LogP contribution is 2.38. The second-order valence-electron chi connectivity index (χ2n) is 8.54. The highest BCUT2D eigenvalue weighted by molar-refractivity contribution is 7.17. The van der Waals surface area contributed by atoms with E-state index in [0.717, 1.165) is 54.3 Å². The smallest absolute Gasteiger partial charge is 0.264 e. The van der Waals surface area contributed by atoms with E-state index in [1.807, 2.05) is 11.8 Å². The lowest BCUT2D eigenvalue weighted by Gasteiger charge is -2.43. The van der Waals surface area contributed by atoms with Gasteiger partial charge >= 0.3 is 0 Å². The van der Waals surface area contributed by atoms with Crippen LogP contribution in [0.1, 0.15) is 40.1 Å². The molecule has 0 unspecified atom stereocenters. The number of amides is 1. The zero-order valence-corrected chi connectivity index (χ0v) is 18.4. The molecule has 2 fully saturated rings. The summed E-state index contributed by atoms with van der Waals surface area (Å²) in [6.45, 7) is 5.06. The normalized spacial score (nSPS) is 21.7. The molecule has 2 saturated heterocycles. The first-order valence-electron chi connectivity index (χ1n) is 10.4. The van der Waals surface area contributed by atoms with E-state index in [1.54, 1.807) is 11.3 Å². The number of nitrogens with two attached hydrogens (primary N) is 1. The third kappa shape index (κ3) is 3.87. The summed E-state index contributed by atoms with van der Waals surface area (Å²) in [6, 6.07) is 11.1. The van der Waals surface area contributed by atoms with Crippen molar-refractivity contribution in [3.8, 4) is 10.4 Å². The molecule has 29 heavy (non-hydrogen) atoms. The van der Waals surface area contributed by atoms with Crippen LogP contribution in [0.4, 0.5) is 0 Å². The second-order valence-corrected chi connectivity index (χ2v) is 9.59. The lowest BCUT2D eigenvalue weighted by Crippen LogP contribution is -2.45. The van der Waals surface area contributed by atoms with Gasteiger partial charge in [-0.25, -0.2) is 0 Å². The zero-order chi connectivity index (χ0) is 20.6. The largest absolute Gasteiger partial charge is 0.381 e. The van der Waals surface area contributed by atoms with Crippen LogP contribution in [0.25, 0.3) is 10.4 Å². The van der Waals surface area contributed by atoms with Gasteiger partial charge in [-0.05, 0) is 63.0 Å². The number of thiophene rings is 1. The highest BCUT2D eigenvalue weighted by Gasteiger charge is 2.36. The number of hydrogen-bond acceptors (Lipinski definition) is 5. The molecule has 1 aromatic carbocycles. The summed E-state index contributed by atoms with van der Waals surface area (Å²) in [7, 11) is 4.31.